The summed E-state index contributed by atoms with van der Waals surface area (Å²) in [5, 5.41) is 3.22. The van der Waals surface area contributed by atoms with Crippen LogP contribution in [0.2, 0.25) is 0 Å². The van der Waals surface area contributed by atoms with Crippen LogP contribution in [0.1, 0.15) is 51.6 Å². The van der Waals surface area contributed by atoms with Gasteiger partial charge in [0.2, 0.25) is 10.0 Å². The molecule has 1 rings (SSSR count). The molecule has 0 radical (unpaired) electrons. The number of hydrogen-bond donors (Lipinski definition) is 1. The van der Waals surface area contributed by atoms with E-state index in [1.807, 2.05) is 13.8 Å². The van der Waals surface area contributed by atoms with E-state index in [2.05, 4.69) is 12.2 Å². The summed E-state index contributed by atoms with van der Waals surface area (Å²) < 4.78 is 32.1. The van der Waals surface area contributed by atoms with Crippen molar-refractivity contribution in [3.8, 4) is 0 Å². The summed E-state index contributed by atoms with van der Waals surface area (Å²) in [5.41, 5.74) is 0. The Kier molecular flexibility index (Phi) is 6.90. The molecule has 0 aromatic carbocycles. The van der Waals surface area contributed by atoms with Gasteiger partial charge in [-0.15, -0.1) is 0 Å². The SMILES string of the molecule is CCCCCN(C)S(=O)(=O)c1cc(CNC(C)C)oc1C. The Labute approximate surface area is 128 Å². The third kappa shape index (κ3) is 5.13. The summed E-state index contributed by atoms with van der Waals surface area (Å²) in [7, 11) is -1.83. The molecule has 6 heteroatoms. The largest absolute Gasteiger partial charge is 0.464 e. The molecule has 5 nitrogen and oxygen atoms in total. The van der Waals surface area contributed by atoms with Crippen molar-refractivity contribution in [2.75, 3.05) is 13.6 Å². The Balaban J connectivity index is 2.82. The summed E-state index contributed by atoms with van der Waals surface area (Å²) in [5.74, 6) is 1.11. The Morgan fingerprint density at radius 1 is 1.33 bits per heavy atom. The maximum atomic E-state index is 12.5. The molecule has 0 aliphatic carbocycles. The van der Waals surface area contributed by atoms with E-state index in [1.54, 1.807) is 20.0 Å². The van der Waals surface area contributed by atoms with Crippen molar-refractivity contribution < 1.29 is 12.8 Å². The maximum Gasteiger partial charge on any atom is 0.246 e. The van der Waals surface area contributed by atoms with Gasteiger partial charge in [0, 0.05) is 25.7 Å². The van der Waals surface area contributed by atoms with Crippen LogP contribution in [0.5, 0.6) is 0 Å². The van der Waals surface area contributed by atoms with E-state index in [9.17, 15) is 8.42 Å². The van der Waals surface area contributed by atoms with Gasteiger partial charge in [0.1, 0.15) is 16.4 Å². The lowest BCUT2D eigenvalue weighted by Crippen LogP contribution is -2.28. The number of rotatable bonds is 9. The average Bonchev–Trinajstić information content (AvgIpc) is 2.78. The molecule has 1 heterocycles. The van der Waals surface area contributed by atoms with Gasteiger partial charge in [-0.2, -0.15) is 0 Å². The summed E-state index contributed by atoms with van der Waals surface area (Å²) in [6.45, 7) is 8.95. The van der Waals surface area contributed by atoms with Crippen LogP contribution in [-0.4, -0.2) is 32.4 Å². The van der Waals surface area contributed by atoms with Crippen LogP contribution in [0.15, 0.2) is 15.4 Å². The van der Waals surface area contributed by atoms with Gasteiger partial charge in [-0.05, 0) is 13.3 Å². The molecule has 0 amide bonds. The minimum atomic E-state index is -3.46. The fourth-order valence-electron chi connectivity index (χ4n) is 2.04. The molecule has 0 saturated heterocycles. The van der Waals surface area contributed by atoms with Crippen molar-refractivity contribution >= 4 is 10.0 Å². The standard InChI is InChI=1S/C15H28N2O3S/c1-6-7-8-9-17(5)21(18,19)15-10-14(20-13(15)4)11-16-12(2)3/h10,12,16H,6-9,11H2,1-5H3. The molecule has 1 aromatic rings. The maximum absolute atomic E-state index is 12.5. The molecule has 0 fully saturated rings. The van der Waals surface area contributed by atoms with Crippen molar-refractivity contribution in [2.45, 2.75) is 64.4 Å². The first kappa shape index (κ1) is 18.2. The van der Waals surface area contributed by atoms with Crippen LogP contribution in [0, 0.1) is 6.92 Å². The molecule has 21 heavy (non-hydrogen) atoms. The molecule has 0 bridgehead atoms. The number of sulfonamides is 1. The van der Waals surface area contributed by atoms with Gasteiger partial charge in [-0.3, -0.25) is 0 Å². The topological polar surface area (TPSA) is 62.6 Å². The van der Waals surface area contributed by atoms with Crippen LogP contribution in [0.25, 0.3) is 0 Å². The predicted octanol–water partition coefficient (Wildman–Crippen LogP) is 2.90. The second-order valence-electron chi connectivity index (χ2n) is 5.70. The van der Waals surface area contributed by atoms with E-state index in [0.29, 0.717) is 30.7 Å². The first-order valence-corrected chi connectivity index (χ1v) is 9.02. The summed E-state index contributed by atoms with van der Waals surface area (Å²) >= 11 is 0. The predicted molar refractivity (Wildman–Crippen MR) is 84.8 cm³/mol. The van der Waals surface area contributed by atoms with Gasteiger partial charge < -0.3 is 9.73 Å². The van der Waals surface area contributed by atoms with Crippen LogP contribution in [0.3, 0.4) is 0 Å². The number of hydrogen-bond acceptors (Lipinski definition) is 4. The van der Waals surface area contributed by atoms with Crippen molar-refractivity contribution in [1.29, 1.82) is 0 Å². The van der Waals surface area contributed by atoms with E-state index in [1.165, 1.54) is 4.31 Å². The smallest absolute Gasteiger partial charge is 0.246 e. The Hall–Kier alpha value is -0.850. The van der Waals surface area contributed by atoms with Crippen LogP contribution in [0.4, 0.5) is 0 Å². The number of furan rings is 1. The Morgan fingerprint density at radius 2 is 2.00 bits per heavy atom. The number of aryl methyl sites for hydroxylation is 1. The van der Waals surface area contributed by atoms with Crippen LogP contribution in [-0.2, 0) is 16.6 Å². The molecule has 0 aliphatic rings. The average molecular weight is 316 g/mol. The molecule has 0 atom stereocenters. The lowest BCUT2D eigenvalue weighted by Gasteiger charge is -2.16. The van der Waals surface area contributed by atoms with Gasteiger partial charge >= 0.3 is 0 Å². The zero-order chi connectivity index (χ0) is 16.0. The fraction of sp³-hybridized carbons (Fsp3) is 0.733. The number of nitrogens with zero attached hydrogens (tertiary/aromatic N) is 1. The molecule has 0 aliphatic heterocycles. The molecule has 0 saturated carbocycles. The van der Waals surface area contributed by atoms with Crippen molar-refractivity contribution in [3.05, 3.63) is 17.6 Å². The van der Waals surface area contributed by atoms with Gasteiger partial charge in [0.15, 0.2) is 0 Å². The lowest BCUT2D eigenvalue weighted by atomic mass is 10.2. The fourth-order valence-corrected chi connectivity index (χ4v) is 3.44. The quantitative estimate of drug-likeness (QED) is 0.712. The van der Waals surface area contributed by atoms with E-state index in [0.717, 1.165) is 19.3 Å². The third-order valence-electron chi connectivity index (χ3n) is 3.37. The molecule has 1 N–H and O–H groups in total. The van der Waals surface area contributed by atoms with Gasteiger partial charge in [0.25, 0.3) is 0 Å². The first-order chi connectivity index (χ1) is 9.78. The number of unbranched alkanes of at least 4 members (excludes halogenated alkanes) is 2. The molecule has 0 unspecified atom stereocenters. The number of nitrogens with one attached hydrogen (secondary N) is 1. The first-order valence-electron chi connectivity index (χ1n) is 7.58. The van der Waals surface area contributed by atoms with Gasteiger partial charge in [-0.25, -0.2) is 12.7 Å². The van der Waals surface area contributed by atoms with E-state index >= 15 is 0 Å². The third-order valence-corrected chi connectivity index (χ3v) is 5.34. The molecule has 122 valence electrons. The van der Waals surface area contributed by atoms with Crippen molar-refractivity contribution in [1.82, 2.24) is 9.62 Å². The molecule has 1 aromatic heterocycles. The highest BCUT2D eigenvalue weighted by Crippen LogP contribution is 2.23. The summed E-state index contributed by atoms with van der Waals surface area (Å²) in [6.07, 6.45) is 2.99. The van der Waals surface area contributed by atoms with Crippen molar-refractivity contribution in [3.63, 3.8) is 0 Å². The summed E-state index contributed by atoms with van der Waals surface area (Å²) in [6, 6.07) is 1.96. The highest BCUT2D eigenvalue weighted by molar-refractivity contribution is 7.89. The molecule has 0 spiro atoms. The second kappa shape index (κ2) is 7.96. The Bertz CT molecular complexity index is 535. The Morgan fingerprint density at radius 3 is 2.57 bits per heavy atom. The second-order valence-corrected chi connectivity index (χ2v) is 7.72. The lowest BCUT2D eigenvalue weighted by molar-refractivity contribution is 0.437. The molecular weight excluding hydrogens is 288 g/mol. The zero-order valence-corrected chi connectivity index (χ0v) is 14.6. The highest BCUT2D eigenvalue weighted by atomic mass is 32.2. The van der Waals surface area contributed by atoms with Crippen LogP contribution >= 0.6 is 0 Å². The monoisotopic (exact) mass is 316 g/mol. The van der Waals surface area contributed by atoms with Gasteiger partial charge in [-0.1, -0.05) is 33.6 Å². The van der Waals surface area contributed by atoms with E-state index in [-0.39, 0.29) is 4.90 Å². The summed E-state index contributed by atoms with van der Waals surface area (Å²) in [4.78, 5) is 0.280. The van der Waals surface area contributed by atoms with Gasteiger partial charge in [0.05, 0.1) is 6.54 Å². The minimum absolute atomic E-state index is 0.280. The molecular formula is C15H28N2O3S. The van der Waals surface area contributed by atoms with Crippen LogP contribution < -0.4 is 5.32 Å². The zero-order valence-electron chi connectivity index (χ0n) is 13.8. The highest BCUT2D eigenvalue weighted by Gasteiger charge is 2.25. The van der Waals surface area contributed by atoms with E-state index in [4.69, 9.17) is 4.42 Å². The van der Waals surface area contributed by atoms with Crippen molar-refractivity contribution in [2.24, 2.45) is 0 Å². The van der Waals surface area contributed by atoms with E-state index < -0.39 is 10.0 Å². The minimum Gasteiger partial charge on any atom is -0.464 e. The normalized spacial score (nSPS) is 12.5.